The summed E-state index contributed by atoms with van der Waals surface area (Å²) in [6.45, 7) is 7.13. The quantitative estimate of drug-likeness (QED) is 0.847. The lowest BCUT2D eigenvalue weighted by Crippen LogP contribution is -2.37. The van der Waals surface area contributed by atoms with Crippen molar-refractivity contribution in [2.24, 2.45) is 11.8 Å². The molecule has 1 saturated carbocycles. The Kier molecular flexibility index (Phi) is 5.22. The fourth-order valence-electron chi connectivity index (χ4n) is 2.73. The first-order chi connectivity index (χ1) is 9.94. The lowest BCUT2D eigenvalue weighted by molar-refractivity contribution is 0.402. The molecule has 5 nitrogen and oxygen atoms in total. The van der Waals surface area contributed by atoms with Crippen LogP contribution >= 0.6 is 0 Å². The zero-order valence-corrected chi connectivity index (χ0v) is 13.8. The maximum Gasteiger partial charge on any atom is 0.241 e. The molecule has 2 rings (SSSR count). The van der Waals surface area contributed by atoms with E-state index in [1.54, 1.807) is 12.1 Å². The maximum absolute atomic E-state index is 12.5. The van der Waals surface area contributed by atoms with Gasteiger partial charge >= 0.3 is 0 Å². The summed E-state index contributed by atoms with van der Waals surface area (Å²) in [6.07, 6.45) is 4.49. The average molecular weight is 311 g/mol. The van der Waals surface area contributed by atoms with Crippen molar-refractivity contribution in [3.05, 3.63) is 18.3 Å². The van der Waals surface area contributed by atoms with Gasteiger partial charge in [-0.3, -0.25) is 0 Å². The van der Waals surface area contributed by atoms with E-state index in [0.717, 1.165) is 25.8 Å². The van der Waals surface area contributed by atoms with E-state index < -0.39 is 10.0 Å². The highest BCUT2D eigenvalue weighted by molar-refractivity contribution is 7.89. The molecule has 1 aliphatic carbocycles. The second-order valence-corrected chi connectivity index (χ2v) is 7.66. The van der Waals surface area contributed by atoms with E-state index in [2.05, 4.69) is 35.8 Å². The van der Waals surface area contributed by atoms with Crippen molar-refractivity contribution in [3.8, 4) is 0 Å². The zero-order valence-electron chi connectivity index (χ0n) is 13.0. The molecule has 1 heterocycles. The summed E-state index contributed by atoms with van der Waals surface area (Å²) < 4.78 is 27.9. The molecule has 0 aromatic carbocycles. The van der Waals surface area contributed by atoms with Crippen molar-refractivity contribution in [3.63, 3.8) is 0 Å². The Balaban J connectivity index is 2.12. The van der Waals surface area contributed by atoms with Gasteiger partial charge in [-0.2, -0.15) is 0 Å². The molecule has 0 bridgehead atoms. The van der Waals surface area contributed by atoms with Crippen molar-refractivity contribution >= 4 is 15.8 Å². The van der Waals surface area contributed by atoms with E-state index in [4.69, 9.17) is 0 Å². The molecule has 3 atom stereocenters. The van der Waals surface area contributed by atoms with Crippen LogP contribution in [0.25, 0.3) is 0 Å². The van der Waals surface area contributed by atoms with Gasteiger partial charge in [0.15, 0.2) is 0 Å². The second-order valence-electron chi connectivity index (χ2n) is 5.95. The van der Waals surface area contributed by atoms with Gasteiger partial charge in [-0.15, -0.1) is 0 Å². The van der Waals surface area contributed by atoms with Gasteiger partial charge in [0.1, 0.15) is 5.82 Å². The third-order valence-electron chi connectivity index (χ3n) is 4.37. The van der Waals surface area contributed by atoms with Crippen molar-refractivity contribution in [2.75, 3.05) is 11.9 Å². The number of nitrogens with zero attached hydrogens (tertiary/aromatic N) is 1. The van der Waals surface area contributed by atoms with Crippen LogP contribution in [0.1, 0.15) is 40.0 Å². The number of hydrogen-bond donors (Lipinski definition) is 2. The van der Waals surface area contributed by atoms with Crippen molar-refractivity contribution in [1.82, 2.24) is 9.71 Å². The third-order valence-corrected chi connectivity index (χ3v) is 5.86. The Bertz CT molecular complexity index is 574. The molecule has 2 N–H and O–H groups in total. The first-order valence-electron chi connectivity index (χ1n) is 7.66. The normalized spacial score (nSPS) is 26.0. The van der Waals surface area contributed by atoms with Crippen LogP contribution in [0.3, 0.4) is 0 Å². The molecular formula is C15H25N3O2S. The number of anilines is 1. The van der Waals surface area contributed by atoms with Gasteiger partial charge in [-0.25, -0.2) is 18.1 Å². The molecule has 0 saturated heterocycles. The summed E-state index contributed by atoms with van der Waals surface area (Å²) in [4.78, 5) is 4.43. The minimum Gasteiger partial charge on any atom is -0.370 e. The number of sulfonamides is 1. The van der Waals surface area contributed by atoms with Crippen LogP contribution in [-0.4, -0.2) is 26.0 Å². The Hall–Kier alpha value is -1.14. The summed E-state index contributed by atoms with van der Waals surface area (Å²) in [5.41, 5.74) is 0. The maximum atomic E-state index is 12.5. The van der Waals surface area contributed by atoms with Gasteiger partial charge in [0.25, 0.3) is 0 Å². The summed E-state index contributed by atoms with van der Waals surface area (Å²) in [5.74, 6) is 1.55. The Labute approximate surface area is 127 Å². The molecule has 3 unspecified atom stereocenters. The van der Waals surface area contributed by atoms with E-state index in [1.807, 2.05) is 0 Å². The number of nitrogens with one attached hydrogen (secondary N) is 2. The molecule has 0 radical (unpaired) electrons. The fourth-order valence-corrected chi connectivity index (χ4v) is 4.10. The van der Waals surface area contributed by atoms with Crippen LogP contribution in [0.5, 0.6) is 0 Å². The summed E-state index contributed by atoms with van der Waals surface area (Å²) in [6, 6.07) is 3.18. The van der Waals surface area contributed by atoms with E-state index >= 15 is 0 Å². The minimum absolute atomic E-state index is 0.0326. The van der Waals surface area contributed by atoms with Gasteiger partial charge in [-0.1, -0.05) is 20.8 Å². The number of rotatable bonds is 6. The Morgan fingerprint density at radius 3 is 2.71 bits per heavy atom. The molecule has 1 aromatic rings. The van der Waals surface area contributed by atoms with Crippen LogP contribution in [0.4, 0.5) is 5.82 Å². The SMILES string of the molecule is CCCNc1cc(S(=O)(=O)NC2CCC(C)C2C)ccn1. The standard InChI is InChI=1S/C15H25N3O2S/c1-4-8-16-15-10-13(7-9-17-15)21(19,20)18-14-6-5-11(2)12(14)3/h7,9-12,14,18H,4-6,8H2,1-3H3,(H,16,17). The molecule has 0 aliphatic heterocycles. The van der Waals surface area contributed by atoms with Crippen molar-refractivity contribution < 1.29 is 8.42 Å². The van der Waals surface area contributed by atoms with Gasteiger partial charge in [0.05, 0.1) is 4.90 Å². The van der Waals surface area contributed by atoms with Gasteiger partial charge in [0.2, 0.25) is 10.0 Å². The van der Waals surface area contributed by atoms with E-state index in [0.29, 0.717) is 17.7 Å². The van der Waals surface area contributed by atoms with Crippen LogP contribution in [-0.2, 0) is 10.0 Å². The number of aromatic nitrogens is 1. The van der Waals surface area contributed by atoms with Gasteiger partial charge < -0.3 is 5.32 Å². The molecule has 1 aliphatic rings. The van der Waals surface area contributed by atoms with Gasteiger partial charge in [-0.05, 0) is 37.2 Å². The van der Waals surface area contributed by atoms with Gasteiger partial charge in [0, 0.05) is 24.8 Å². The zero-order chi connectivity index (χ0) is 15.5. The number of pyridine rings is 1. The molecule has 1 aromatic heterocycles. The topological polar surface area (TPSA) is 71.1 Å². The highest BCUT2D eigenvalue weighted by Crippen LogP contribution is 2.32. The van der Waals surface area contributed by atoms with Crippen LogP contribution < -0.4 is 10.0 Å². The molecule has 0 spiro atoms. The van der Waals surface area contributed by atoms with E-state index in [1.165, 1.54) is 6.20 Å². The molecule has 6 heteroatoms. The van der Waals surface area contributed by atoms with Crippen molar-refractivity contribution in [2.45, 2.75) is 51.0 Å². The molecule has 21 heavy (non-hydrogen) atoms. The van der Waals surface area contributed by atoms with Crippen LogP contribution in [0.15, 0.2) is 23.2 Å². The molecule has 1 fully saturated rings. The largest absolute Gasteiger partial charge is 0.370 e. The second kappa shape index (κ2) is 6.75. The first kappa shape index (κ1) is 16.2. The monoisotopic (exact) mass is 311 g/mol. The summed E-state index contributed by atoms with van der Waals surface area (Å²) in [5, 5.41) is 3.11. The predicted octanol–water partition coefficient (Wildman–Crippen LogP) is 2.62. The lowest BCUT2D eigenvalue weighted by atomic mass is 9.98. The molecular weight excluding hydrogens is 286 g/mol. The molecule has 0 amide bonds. The summed E-state index contributed by atoms with van der Waals surface area (Å²) in [7, 11) is -3.48. The highest BCUT2D eigenvalue weighted by Gasteiger charge is 2.33. The smallest absolute Gasteiger partial charge is 0.241 e. The lowest BCUT2D eigenvalue weighted by Gasteiger charge is -2.19. The summed E-state index contributed by atoms with van der Waals surface area (Å²) >= 11 is 0. The Morgan fingerprint density at radius 2 is 2.10 bits per heavy atom. The third kappa shape index (κ3) is 3.95. The highest BCUT2D eigenvalue weighted by atomic mass is 32.2. The minimum atomic E-state index is -3.48. The Morgan fingerprint density at radius 1 is 1.33 bits per heavy atom. The first-order valence-corrected chi connectivity index (χ1v) is 9.14. The van der Waals surface area contributed by atoms with Crippen LogP contribution in [0, 0.1) is 11.8 Å². The van der Waals surface area contributed by atoms with Crippen LogP contribution in [0.2, 0.25) is 0 Å². The van der Waals surface area contributed by atoms with Crippen molar-refractivity contribution in [1.29, 1.82) is 0 Å². The van der Waals surface area contributed by atoms with E-state index in [9.17, 15) is 8.42 Å². The average Bonchev–Trinajstić information content (AvgIpc) is 2.77. The number of hydrogen-bond acceptors (Lipinski definition) is 4. The predicted molar refractivity (Wildman–Crippen MR) is 84.7 cm³/mol. The van der Waals surface area contributed by atoms with E-state index in [-0.39, 0.29) is 10.9 Å². The molecule has 118 valence electrons. The fraction of sp³-hybridized carbons (Fsp3) is 0.667.